The summed E-state index contributed by atoms with van der Waals surface area (Å²) in [6.45, 7) is 10.5. The van der Waals surface area contributed by atoms with Crippen LogP contribution >= 0.6 is 15.9 Å². The SMILES string of the molecule is CC[C@H]1C[C@]2(Cc3ccc(Br)cc3C2=N[S+]([O-])C(C)(C)C)C[C@@H](C)[C@@H]1OC. The molecule has 5 atom stereocenters. The first-order valence-corrected chi connectivity index (χ1v) is 11.8. The van der Waals surface area contributed by atoms with Crippen LogP contribution in [0.4, 0.5) is 0 Å². The van der Waals surface area contributed by atoms with E-state index < -0.39 is 11.4 Å². The third-order valence-corrected chi connectivity index (χ3v) is 8.13. The summed E-state index contributed by atoms with van der Waals surface area (Å²) in [6, 6.07) is 6.48. The summed E-state index contributed by atoms with van der Waals surface area (Å²) in [7, 11) is 1.84. The Morgan fingerprint density at radius 2 is 2.04 bits per heavy atom. The minimum absolute atomic E-state index is 0.0286. The maximum atomic E-state index is 13.0. The number of ether oxygens (including phenoxy) is 1. The second-order valence-corrected chi connectivity index (χ2v) is 12.1. The lowest BCUT2D eigenvalue weighted by atomic mass is 9.62. The number of halogens is 1. The molecule has 27 heavy (non-hydrogen) atoms. The molecule has 0 aromatic heterocycles. The van der Waals surface area contributed by atoms with Gasteiger partial charge < -0.3 is 9.29 Å². The van der Waals surface area contributed by atoms with Crippen molar-refractivity contribution in [1.29, 1.82) is 0 Å². The van der Waals surface area contributed by atoms with Gasteiger partial charge in [-0.3, -0.25) is 0 Å². The van der Waals surface area contributed by atoms with Crippen LogP contribution in [0.25, 0.3) is 0 Å². The van der Waals surface area contributed by atoms with E-state index in [1.54, 1.807) is 0 Å². The molecule has 0 amide bonds. The van der Waals surface area contributed by atoms with Gasteiger partial charge in [-0.2, -0.15) is 0 Å². The van der Waals surface area contributed by atoms with E-state index >= 15 is 0 Å². The molecule has 1 saturated carbocycles. The predicted molar refractivity (Wildman–Crippen MR) is 118 cm³/mol. The summed E-state index contributed by atoms with van der Waals surface area (Å²) < 4.78 is 24.4. The van der Waals surface area contributed by atoms with Crippen LogP contribution in [0.15, 0.2) is 27.1 Å². The highest BCUT2D eigenvalue weighted by molar-refractivity contribution is 9.10. The van der Waals surface area contributed by atoms with Gasteiger partial charge in [-0.15, -0.1) is 0 Å². The van der Waals surface area contributed by atoms with Crippen molar-refractivity contribution in [2.24, 2.45) is 21.6 Å². The fourth-order valence-electron chi connectivity index (χ4n) is 5.06. The molecule has 0 aliphatic heterocycles. The number of hydrogen-bond acceptors (Lipinski definition) is 3. The van der Waals surface area contributed by atoms with Crippen molar-refractivity contribution >= 4 is 33.0 Å². The molecule has 1 aromatic rings. The largest absolute Gasteiger partial charge is 0.591 e. The molecule has 0 N–H and O–H groups in total. The summed E-state index contributed by atoms with van der Waals surface area (Å²) in [5.74, 6) is 0.963. The molecule has 1 fully saturated rings. The summed E-state index contributed by atoms with van der Waals surface area (Å²) in [5, 5.41) is 0. The van der Waals surface area contributed by atoms with Crippen molar-refractivity contribution in [3.8, 4) is 0 Å². The summed E-state index contributed by atoms with van der Waals surface area (Å²) >= 11 is 2.36. The first kappa shape index (κ1) is 21.4. The van der Waals surface area contributed by atoms with Crippen LogP contribution in [0.1, 0.15) is 65.0 Å². The van der Waals surface area contributed by atoms with Crippen LogP contribution in [-0.2, 0) is 22.5 Å². The van der Waals surface area contributed by atoms with Gasteiger partial charge in [0, 0.05) is 22.6 Å². The zero-order valence-corrected chi connectivity index (χ0v) is 19.7. The number of rotatable bonds is 3. The Morgan fingerprint density at radius 1 is 1.33 bits per heavy atom. The predicted octanol–water partition coefficient (Wildman–Crippen LogP) is 5.71. The van der Waals surface area contributed by atoms with Gasteiger partial charge in [-0.25, -0.2) is 0 Å². The van der Waals surface area contributed by atoms with Crippen molar-refractivity contribution in [1.82, 2.24) is 0 Å². The zero-order chi connectivity index (χ0) is 20.0. The van der Waals surface area contributed by atoms with Gasteiger partial charge in [-0.05, 0) is 69.6 Å². The average molecular weight is 454 g/mol. The van der Waals surface area contributed by atoms with Gasteiger partial charge in [-0.1, -0.05) is 46.7 Å². The summed E-state index contributed by atoms with van der Waals surface area (Å²) in [6.07, 6.45) is 4.48. The molecule has 0 heterocycles. The van der Waals surface area contributed by atoms with Crippen LogP contribution in [0.3, 0.4) is 0 Å². The van der Waals surface area contributed by atoms with Crippen molar-refractivity contribution in [2.75, 3.05) is 7.11 Å². The van der Waals surface area contributed by atoms with Gasteiger partial charge in [0.1, 0.15) is 21.8 Å². The van der Waals surface area contributed by atoms with Gasteiger partial charge in [0.15, 0.2) is 0 Å². The molecule has 1 spiro atoms. The van der Waals surface area contributed by atoms with Gasteiger partial charge in [0.25, 0.3) is 0 Å². The van der Waals surface area contributed by atoms with Gasteiger partial charge in [0.2, 0.25) is 0 Å². The average Bonchev–Trinajstić information content (AvgIpc) is 2.86. The molecule has 1 unspecified atom stereocenters. The molecule has 3 rings (SSSR count). The van der Waals surface area contributed by atoms with Crippen LogP contribution < -0.4 is 0 Å². The van der Waals surface area contributed by atoms with Gasteiger partial charge in [0.05, 0.1) is 6.10 Å². The van der Waals surface area contributed by atoms with E-state index in [2.05, 4.69) is 48.0 Å². The topological polar surface area (TPSA) is 44.7 Å². The maximum Gasteiger partial charge on any atom is 0.144 e. The zero-order valence-electron chi connectivity index (χ0n) is 17.3. The first-order valence-electron chi connectivity index (χ1n) is 9.94. The minimum atomic E-state index is -1.26. The monoisotopic (exact) mass is 453 g/mol. The Labute approximate surface area is 175 Å². The highest BCUT2D eigenvalue weighted by Gasteiger charge is 2.52. The highest BCUT2D eigenvalue weighted by atomic mass is 79.9. The lowest BCUT2D eigenvalue weighted by molar-refractivity contribution is -0.0419. The number of nitrogens with zero attached hydrogens (tertiary/aromatic N) is 1. The highest BCUT2D eigenvalue weighted by Crippen LogP contribution is 2.53. The third-order valence-electron chi connectivity index (χ3n) is 6.24. The van der Waals surface area contributed by atoms with Crippen molar-refractivity contribution in [2.45, 2.75) is 71.2 Å². The van der Waals surface area contributed by atoms with E-state index in [-0.39, 0.29) is 10.2 Å². The van der Waals surface area contributed by atoms with E-state index in [1.165, 1.54) is 11.1 Å². The molecule has 0 saturated heterocycles. The molecule has 2 aliphatic rings. The quantitative estimate of drug-likeness (QED) is 0.549. The van der Waals surface area contributed by atoms with E-state index in [0.29, 0.717) is 17.9 Å². The fraction of sp³-hybridized carbons (Fsp3) is 0.682. The third kappa shape index (κ3) is 4.03. The smallest absolute Gasteiger partial charge is 0.144 e. The molecular weight excluding hydrogens is 422 g/mol. The maximum absolute atomic E-state index is 13.0. The normalized spacial score (nSPS) is 33.5. The molecule has 0 bridgehead atoms. The standard InChI is InChI=1S/C22H32BrNO2S/c1-7-15-12-22(11-14(2)19(15)26-6)13-16-8-9-17(23)10-18(16)20(22)24-27(25)21(3,4)5/h8-10,14-15,19H,7,11-13H2,1-6H3/t14-,15+,19+,22+,27?/m1/s1. The van der Waals surface area contributed by atoms with Gasteiger partial charge >= 0.3 is 0 Å². The lowest BCUT2D eigenvalue weighted by Crippen LogP contribution is -2.46. The molecule has 150 valence electrons. The Hall–Kier alpha value is -0.360. The van der Waals surface area contributed by atoms with E-state index in [0.717, 1.165) is 35.9 Å². The number of methoxy groups -OCH3 is 1. The molecule has 5 heteroatoms. The van der Waals surface area contributed by atoms with E-state index in [4.69, 9.17) is 9.13 Å². The Balaban J connectivity index is 2.10. The minimum Gasteiger partial charge on any atom is -0.591 e. The molecular formula is C22H32BrNO2S. The van der Waals surface area contributed by atoms with Crippen molar-refractivity contribution in [3.05, 3.63) is 33.8 Å². The second kappa shape index (κ2) is 7.81. The van der Waals surface area contributed by atoms with Crippen molar-refractivity contribution in [3.63, 3.8) is 0 Å². The number of hydrogen-bond donors (Lipinski definition) is 0. The van der Waals surface area contributed by atoms with Crippen LogP contribution in [0.2, 0.25) is 0 Å². The molecule has 2 aliphatic carbocycles. The Morgan fingerprint density at radius 3 is 2.63 bits per heavy atom. The van der Waals surface area contributed by atoms with Crippen LogP contribution in [-0.4, -0.2) is 28.2 Å². The molecule has 0 radical (unpaired) electrons. The second-order valence-electron chi connectivity index (χ2n) is 9.31. The van der Waals surface area contributed by atoms with E-state index in [1.807, 2.05) is 27.9 Å². The fourth-order valence-corrected chi connectivity index (χ4v) is 6.15. The summed E-state index contributed by atoms with van der Waals surface area (Å²) in [4.78, 5) is 0. The number of fused-ring (bicyclic) bond motifs is 1. The summed E-state index contributed by atoms with van der Waals surface area (Å²) in [5.41, 5.74) is 3.55. The van der Waals surface area contributed by atoms with Crippen molar-refractivity contribution < 1.29 is 9.29 Å². The Kier molecular flexibility index (Phi) is 6.18. The lowest BCUT2D eigenvalue weighted by Gasteiger charge is -2.45. The molecule has 3 nitrogen and oxygen atoms in total. The first-order chi connectivity index (χ1) is 12.6. The Bertz CT molecular complexity index is 730. The number of benzene rings is 1. The van der Waals surface area contributed by atoms with E-state index in [9.17, 15) is 4.55 Å². The van der Waals surface area contributed by atoms with Crippen LogP contribution in [0.5, 0.6) is 0 Å². The van der Waals surface area contributed by atoms with Crippen LogP contribution in [0, 0.1) is 17.3 Å². The molecule has 1 aromatic carbocycles.